The van der Waals surface area contributed by atoms with E-state index in [1.165, 1.54) is 11.3 Å². The summed E-state index contributed by atoms with van der Waals surface area (Å²) in [5.74, 6) is 0.637. The average Bonchev–Trinajstić information content (AvgIpc) is 3.30. The summed E-state index contributed by atoms with van der Waals surface area (Å²) in [6.07, 6.45) is 5.26. The molecule has 0 atom stereocenters. The van der Waals surface area contributed by atoms with E-state index in [4.69, 9.17) is 0 Å². The predicted octanol–water partition coefficient (Wildman–Crippen LogP) is 3.69. The molecule has 0 saturated heterocycles. The molecule has 2 aromatic rings. The molecule has 1 aromatic heterocycles. The molecule has 1 aliphatic carbocycles. The topological polar surface area (TPSA) is 25.2 Å². The first-order chi connectivity index (χ1) is 10.8. The van der Waals surface area contributed by atoms with Gasteiger partial charge in [-0.25, -0.2) is 0 Å². The third-order valence-corrected chi connectivity index (χ3v) is 4.20. The van der Waals surface area contributed by atoms with E-state index in [0.29, 0.717) is 11.8 Å². The van der Waals surface area contributed by atoms with Gasteiger partial charge in [-0.2, -0.15) is 0 Å². The van der Waals surface area contributed by atoms with Gasteiger partial charge in [0.05, 0.1) is 6.54 Å². The maximum atomic E-state index is 12.4. The molecule has 1 heterocycles. The van der Waals surface area contributed by atoms with E-state index >= 15 is 0 Å². The largest absolute Gasteiger partial charge is 0.345 e. The van der Waals surface area contributed by atoms with Gasteiger partial charge in [0.25, 0.3) is 0 Å². The van der Waals surface area contributed by atoms with Crippen molar-refractivity contribution < 1.29 is 4.79 Å². The van der Waals surface area contributed by atoms with Gasteiger partial charge in [-0.15, -0.1) is 0 Å². The second-order valence-electron chi connectivity index (χ2n) is 6.15. The van der Waals surface area contributed by atoms with Crippen LogP contribution >= 0.6 is 0 Å². The number of aromatic nitrogens is 1. The van der Waals surface area contributed by atoms with Crippen molar-refractivity contribution in [3.05, 3.63) is 59.9 Å². The van der Waals surface area contributed by atoms with Crippen LogP contribution in [0.25, 0.3) is 0 Å². The van der Waals surface area contributed by atoms with Crippen LogP contribution < -0.4 is 0 Å². The van der Waals surface area contributed by atoms with Crippen LogP contribution in [0.3, 0.4) is 0 Å². The van der Waals surface area contributed by atoms with Crippen LogP contribution in [0.5, 0.6) is 0 Å². The first kappa shape index (κ1) is 14.9. The standard InChI is InChI=1S/C19H24N2O/c1-2-12-21(19(22)17-10-11-17)15-18-9-6-13-20(18)14-16-7-4-3-5-8-16/h3-9,13,17H,2,10-12,14-15H2,1H3. The van der Waals surface area contributed by atoms with Gasteiger partial charge in [-0.05, 0) is 37.0 Å². The number of hydrogen-bond donors (Lipinski definition) is 0. The molecule has 1 saturated carbocycles. The summed E-state index contributed by atoms with van der Waals surface area (Å²) in [7, 11) is 0. The molecule has 0 radical (unpaired) electrons. The minimum atomic E-state index is 0.295. The van der Waals surface area contributed by atoms with Crippen LogP contribution in [0, 0.1) is 5.92 Å². The molecule has 3 rings (SSSR count). The van der Waals surface area contributed by atoms with E-state index < -0.39 is 0 Å². The lowest BCUT2D eigenvalue weighted by Crippen LogP contribution is -2.33. The van der Waals surface area contributed by atoms with Crippen molar-refractivity contribution in [2.45, 2.75) is 39.3 Å². The Morgan fingerprint density at radius 1 is 1.18 bits per heavy atom. The van der Waals surface area contributed by atoms with Gasteiger partial charge in [0.15, 0.2) is 0 Å². The van der Waals surface area contributed by atoms with Crippen molar-refractivity contribution in [3.63, 3.8) is 0 Å². The maximum absolute atomic E-state index is 12.4. The summed E-state index contributed by atoms with van der Waals surface area (Å²) in [4.78, 5) is 14.4. The lowest BCUT2D eigenvalue weighted by molar-refractivity contribution is -0.133. The Morgan fingerprint density at radius 2 is 1.95 bits per heavy atom. The molecule has 0 aliphatic heterocycles. The Bertz CT molecular complexity index is 613. The Morgan fingerprint density at radius 3 is 2.64 bits per heavy atom. The molecule has 22 heavy (non-hydrogen) atoms. The van der Waals surface area contributed by atoms with E-state index in [-0.39, 0.29) is 0 Å². The van der Waals surface area contributed by atoms with E-state index in [2.05, 4.69) is 54.1 Å². The highest BCUT2D eigenvalue weighted by Crippen LogP contribution is 2.31. The van der Waals surface area contributed by atoms with Crippen molar-refractivity contribution in [2.24, 2.45) is 5.92 Å². The van der Waals surface area contributed by atoms with Crippen LogP contribution in [0.1, 0.15) is 37.4 Å². The van der Waals surface area contributed by atoms with Crippen LogP contribution in [0.4, 0.5) is 0 Å². The van der Waals surface area contributed by atoms with Gasteiger partial charge in [0.2, 0.25) is 5.91 Å². The Labute approximate surface area is 132 Å². The normalized spacial score (nSPS) is 14.0. The zero-order valence-electron chi connectivity index (χ0n) is 13.2. The summed E-state index contributed by atoms with van der Waals surface area (Å²) in [5, 5.41) is 0. The molecule has 0 bridgehead atoms. The van der Waals surface area contributed by atoms with Crippen molar-refractivity contribution >= 4 is 5.91 Å². The first-order valence-corrected chi connectivity index (χ1v) is 8.24. The van der Waals surface area contributed by atoms with Gasteiger partial charge >= 0.3 is 0 Å². The van der Waals surface area contributed by atoms with Gasteiger partial charge < -0.3 is 9.47 Å². The zero-order chi connectivity index (χ0) is 15.4. The summed E-state index contributed by atoms with van der Waals surface area (Å²) in [6.45, 7) is 4.58. The molecule has 1 amide bonds. The molecule has 0 unspecified atom stereocenters. The fraction of sp³-hybridized carbons (Fsp3) is 0.421. The number of benzene rings is 1. The van der Waals surface area contributed by atoms with E-state index in [0.717, 1.165) is 38.9 Å². The first-order valence-electron chi connectivity index (χ1n) is 8.24. The molecule has 3 heteroatoms. The SMILES string of the molecule is CCCN(Cc1cccn1Cc1ccccc1)C(=O)C1CC1. The number of nitrogens with zero attached hydrogens (tertiary/aromatic N) is 2. The summed E-state index contributed by atoms with van der Waals surface area (Å²) < 4.78 is 2.25. The second-order valence-corrected chi connectivity index (χ2v) is 6.15. The average molecular weight is 296 g/mol. The van der Waals surface area contributed by atoms with Crippen molar-refractivity contribution in [3.8, 4) is 0 Å². The molecule has 116 valence electrons. The minimum absolute atomic E-state index is 0.295. The molecule has 1 aliphatic rings. The Balaban J connectivity index is 1.71. The summed E-state index contributed by atoms with van der Waals surface area (Å²) in [6, 6.07) is 14.7. The summed E-state index contributed by atoms with van der Waals surface area (Å²) >= 11 is 0. The monoisotopic (exact) mass is 296 g/mol. The van der Waals surface area contributed by atoms with Crippen LogP contribution in [-0.4, -0.2) is 21.9 Å². The van der Waals surface area contributed by atoms with E-state index in [9.17, 15) is 4.79 Å². The van der Waals surface area contributed by atoms with Crippen LogP contribution in [0.2, 0.25) is 0 Å². The third-order valence-electron chi connectivity index (χ3n) is 4.20. The van der Waals surface area contributed by atoms with Crippen molar-refractivity contribution in [1.82, 2.24) is 9.47 Å². The van der Waals surface area contributed by atoms with E-state index in [1.807, 2.05) is 11.0 Å². The fourth-order valence-electron chi connectivity index (χ4n) is 2.85. The lowest BCUT2D eigenvalue weighted by atomic mass is 10.2. The smallest absolute Gasteiger partial charge is 0.226 e. The number of carbonyl (C=O) groups excluding carboxylic acids is 1. The molecule has 0 N–H and O–H groups in total. The number of carbonyl (C=O) groups is 1. The summed E-state index contributed by atoms with van der Waals surface area (Å²) in [5.41, 5.74) is 2.50. The van der Waals surface area contributed by atoms with Crippen molar-refractivity contribution in [1.29, 1.82) is 0 Å². The van der Waals surface area contributed by atoms with Gasteiger partial charge in [0, 0.05) is 30.9 Å². The molecule has 3 nitrogen and oxygen atoms in total. The Kier molecular flexibility index (Phi) is 4.62. The molecule has 1 fully saturated rings. The molecular formula is C19H24N2O. The van der Waals surface area contributed by atoms with Gasteiger partial charge in [-0.1, -0.05) is 37.3 Å². The highest BCUT2D eigenvalue weighted by Gasteiger charge is 2.33. The molecule has 0 spiro atoms. The van der Waals surface area contributed by atoms with E-state index in [1.54, 1.807) is 0 Å². The zero-order valence-corrected chi connectivity index (χ0v) is 13.2. The van der Waals surface area contributed by atoms with Gasteiger partial charge in [-0.3, -0.25) is 4.79 Å². The number of amides is 1. The molecular weight excluding hydrogens is 272 g/mol. The second kappa shape index (κ2) is 6.82. The predicted molar refractivity (Wildman–Crippen MR) is 88.4 cm³/mol. The Hall–Kier alpha value is -2.03. The molecule has 1 aromatic carbocycles. The fourth-order valence-corrected chi connectivity index (χ4v) is 2.85. The third kappa shape index (κ3) is 3.59. The van der Waals surface area contributed by atoms with Crippen LogP contribution in [0.15, 0.2) is 48.7 Å². The number of rotatable bonds is 7. The van der Waals surface area contributed by atoms with Crippen molar-refractivity contribution in [2.75, 3.05) is 6.54 Å². The number of hydrogen-bond acceptors (Lipinski definition) is 1. The highest BCUT2D eigenvalue weighted by molar-refractivity contribution is 5.81. The maximum Gasteiger partial charge on any atom is 0.226 e. The minimum Gasteiger partial charge on any atom is -0.345 e. The quantitative estimate of drug-likeness (QED) is 0.765. The highest BCUT2D eigenvalue weighted by atomic mass is 16.2. The lowest BCUT2D eigenvalue weighted by Gasteiger charge is -2.23. The van der Waals surface area contributed by atoms with Crippen LogP contribution in [-0.2, 0) is 17.9 Å². The van der Waals surface area contributed by atoms with Gasteiger partial charge in [0.1, 0.15) is 0 Å².